The second kappa shape index (κ2) is 12.0. The first-order valence-corrected chi connectivity index (χ1v) is 12.8. The molecule has 4 aromatic carbocycles. The SMILES string of the molecule is COc1cc(-c2ccc(N(C)C)cc2)cc(OC)c1Cc1c(OC)cc(-c2ccc(N(C)C)cc2)cc1OC. The van der Waals surface area contributed by atoms with Crippen molar-refractivity contribution in [1.29, 1.82) is 0 Å². The van der Waals surface area contributed by atoms with E-state index in [0.717, 1.165) is 67.8 Å². The number of rotatable bonds is 10. The molecule has 0 amide bonds. The van der Waals surface area contributed by atoms with Gasteiger partial charge >= 0.3 is 0 Å². The van der Waals surface area contributed by atoms with Gasteiger partial charge in [0.25, 0.3) is 0 Å². The summed E-state index contributed by atoms with van der Waals surface area (Å²) in [7, 11) is 14.9. The lowest BCUT2D eigenvalue weighted by atomic mass is 9.95. The van der Waals surface area contributed by atoms with Crippen molar-refractivity contribution in [2.75, 3.05) is 66.4 Å². The van der Waals surface area contributed by atoms with Crippen LogP contribution in [0.15, 0.2) is 72.8 Å². The van der Waals surface area contributed by atoms with Crippen LogP contribution in [0.25, 0.3) is 22.3 Å². The number of anilines is 2. The summed E-state index contributed by atoms with van der Waals surface area (Å²) in [6.45, 7) is 0. The molecule has 6 heteroatoms. The Morgan fingerprint density at radius 1 is 0.436 bits per heavy atom. The Balaban J connectivity index is 1.75. The minimum Gasteiger partial charge on any atom is -0.496 e. The topological polar surface area (TPSA) is 43.4 Å². The molecule has 0 aromatic heterocycles. The first kappa shape index (κ1) is 27.7. The Kier molecular flexibility index (Phi) is 8.55. The standard InChI is InChI=1S/C33H38N2O4/c1-34(2)26-13-9-22(10-14-26)24-17-30(36-5)28(31(18-24)37-6)21-29-32(38-7)19-25(20-33(29)39-8)23-11-15-27(16-12-23)35(3)4/h9-20H,21H2,1-8H3. The van der Waals surface area contributed by atoms with Crippen LogP contribution < -0.4 is 28.7 Å². The normalized spacial score (nSPS) is 10.7. The van der Waals surface area contributed by atoms with Crippen molar-refractivity contribution in [3.63, 3.8) is 0 Å². The highest BCUT2D eigenvalue weighted by Crippen LogP contribution is 2.42. The van der Waals surface area contributed by atoms with E-state index in [1.54, 1.807) is 28.4 Å². The van der Waals surface area contributed by atoms with Gasteiger partial charge in [-0.25, -0.2) is 0 Å². The van der Waals surface area contributed by atoms with E-state index >= 15 is 0 Å². The van der Waals surface area contributed by atoms with Crippen LogP contribution in [0.4, 0.5) is 11.4 Å². The van der Waals surface area contributed by atoms with Gasteiger partial charge in [-0.3, -0.25) is 0 Å². The highest BCUT2D eigenvalue weighted by atomic mass is 16.5. The molecule has 0 aliphatic rings. The maximum absolute atomic E-state index is 5.88. The predicted molar refractivity (Wildman–Crippen MR) is 161 cm³/mol. The van der Waals surface area contributed by atoms with Crippen LogP contribution in [-0.2, 0) is 6.42 Å². The number of nitrogens with zero attached hydrogens (tertiary/aromatic N) is 2. The largest absolute Gasteiger partial charge is 0.496 e. The molecule has 0 bridgehead atoms. The summed E-state index contributed by atoms with van der Waals surface area (Å²) >= 11 is 0. The highest BCUT2D eigenvalue weighted by molar-refractivity contribution is 5.74. The fraction of sp³-hybridized carbons (Fsp3) is 0.273. The molecule has 0 heterocycles. The van der Waals surface area contributed by atoms with E-state index in [2.05, 4.69) is 82.6 Å². The molecule has 0 spiro atoms. The summed E-state index contributed by atoms with van der Waals surface area (Å²) in [6.07, 6.45) is 0.512. The second-order valence-electron chi connectivity index (χ2n) is 9.78. The molecule has 0 saturated heterocycles. The monoisotopic (exact) mass is 526 g/mol. The van der Waals surface area contributed by atoms with Crippen LogP contribution in [0.3, 0.4) is 0 Å². The third kappa shape index (κ3) is 5.90. The van der Waals surface area contributed by atoms with Crippen molar-refractivity contribution < 1.29 is 18.9 Å². The lowest BCUT2D eigenvalue weighted by Gasteiger charge is -2.20. The molecular weight excluding hydrogens is 488 g/mol. The van der Waals surface area contributed by atoms with Gasteiger partial charge in [-0.2, -0.15) is 0 Å². The smallest absolute Gasteiger partial charge is 0.126 e. The summed E-state index contributed by atoms with van der Waals surface area (Å²) in [5, 5.41) is 0. The molecule has 4 rings (SSSR count). The van der Waals surface area contributed by atoms with Gasteiger partial charge < -0.3 is 28.7 Å². The van der Waals surface area contributed by atoms with Crippen molar-refractivity contribution in [3.8, 4) is 45.3 Å². The highest BCUT2D eigenvalue weighted by Gasteiger charge is 2.20. The van der Waals surface area contributed by atoms with E-state index in [1.165, 1.54) is 0 Å². The first-order valence-electron chi connectivity index (χ1n) is 12.8. The molecule has 39 heavy (non-hydrogen) atoms. The first-order chi connectivity index (χ1) is 18.8. The fourth-order valence-electron chi connectivity index (χ4n) is 4.73. The Bertz CT molecular complexity index is 1250. The Morgan fingerprint density at radius 3 is 0.949 bits per heavy atom. The Hall–Kier alpha value is -4.32. The lowest BCUT2D eigenvalue weighted by molar-refractivity contribution is 0.378. The molecule has 6 nitrogen and oxygen atoms in total. The van der Waals surface area contributed by atoms with Crippen molar-refractivity contribution in [2.24, 2.45) is 0 Å². The number of hydrogen-bond acceptors (Lipinski definition) is 6. The Labute approximate surface area is 232 Å². The van der Waals surface area contributed by atoms with Crippen molar-refractivity contribution in [2.45, 2.75) is 6.42 Å². The van der Waals surface area contributed by atoms with Crippen LogP contribution in [0.2, 0.25) is 0 Å². The zero-order chi connectivity index (χ0) is 28.1. The quantitative estimate of drug-likeness (QED) is 0.227. The van der Waals surface area contributed by atoms with E-state index < -0.39 is 0 Å². The predicted octanol–water partition coefficient (Wildman–Crippen LogP) is 6.78. The molecule has 0 saturated carbocycles. The third-order valence-corrected chi connectivity index (χ3v) is 7.00. The summed E-state index contributed by atoms with van der Waals surface area (Å²) in [4.78, 5) is 4.16. The zero-order valence-electron chi connectivity index (χ0n) is 24.2. The average molecular weight is 527 g/mol. The molecule has 0 radical (unpaired) electrons. The number of methoxy groups -OCH3 is 4. The van der Waals surface area contributed by atoms with Crippen LogP contribution in [-0.4, -0.2) is 56.6 Å². The van der Waals surface area contributed by atoms with Crippen molar-refractivity contribution in [3.05, 3.63) is 83.9 Å². The van der Waals surface area contributed by atoms with Crippen LogP contribution in [0.1, 0.15) is 11.1 Å². The summed E-state index contributed by atoms with van der Waals surface area (Å²) < 4.78 is 23.5. The summed E-state index contributed by atoms with van der Waals surface area (Å²) in [6, 6.07) is 25.1. The van der Waals surface area contributed by atoms with Gasteiger partial charge in [0.05, 0.1) is 28.4 Å². The molecule has 204 valence electrons. The summed E-state index contributed by atoms with van der Waals surface area (Å²) in [5.41, 5.74) is 8.35. The zero-order valence-corrected chi connectivity index (χ0v) is 24.2. The summed E-state index contributed by atoms with van der Waals surface area (Å²) in [5.74, 6) is 2.98. The lowest BCUT2D eigenvalue weighted by Crippen LogP contribution is -2.08. The van der Waals surface area contributed by atoms with E-state index in [1.807, 2.05) is 28.2 Å². The molecule has 0 atom stereocenters. The number of hydrogen-bond donors (Lipinski definition) is 0. The van der Waals surface area contributed by atoms with Gasteiger partial charge in [0, 0.05) is 57.1 Å². The Morgan fingerprint density at radius 2 is 0.718 bits per heavy atom. The molecule has 0 aliphatic carbocycles. The molecule has 0 unspecified atom stereocenters. The molecule has 4 aromatic rings. The second-order valence-corrected chi connectivity index (χ2v) is 9.78. The molecule has 0 aliphatic heterocycles. The fourth-order valence-corrected chi connectivity index (χ4v) is 4.73. The maximum Gasteiger partial charge on any atom is 0.126 e. The van der Waals surface area contributed by atoms with Gasteiger partial charge in [0.2, 0.25) is 0 Å². The third-order valence-electron chi connectivity index (χ3n) is 7.00. The van der Waals surface area contributed by atoms with Crippen LogP contribution in [0.5, 0.6) is 23.0 Å². The van der Waals surface area contributed by atoms with Gasteiger partial charge in [0.1, 0.15) is 23.0 Å². The van der Waals surface area contributed by atoms with E-state index in [4.69, 9.17) is 18.9 Å². The van der Waals surface area contributed by atoms with Crippen LogP contribution >= 0.6 is 0 Å². The van der Waals surface area contributed by atoms with E-state index in [-0.39, 0.29) is 0 Å². The molecule has 0 fully saturated rings. The van der Waals surface area contributed by atoms with Crippen molar-refractivity contribution >= 4 is 11.4 Å². The van der Waals surface area contributed by atoms with E-state index in [9.17, 15) is 0 Å². The minimum atomic E-state index is 0.512. The number of benzene rings is 4. The van der Waals surface area contributed by atoms with Crippen molar-refractivity contribution in [1.82, 2.24) is 0 Å². The number of ether oxygens (including phenoxy) is 4. The minimum absolute atomic E-state index is 0.512. The van der Waals surface area contributed by atoms with Crippen LogP contribution in [0, 0.1) is 0 Å². The van der Waals surface area contributed by atoms with Gasteiger partial charge in [0.15, 0.2) is 0 Å². The van der Waals surface area contributed by atoms with Gasteiger partial charge in [-0.05, 0) is 70.8 Å². The van der Waals surface area contributed by atoms with Gasteiger partial charge in [-0.1, -0.05) is 24.3 Å². The average Bonchev–Trinajstić information content (AvgIpc) is 2.97. The molecular formula is C33H38N2O4. The molecule has 0 N–H and O–H groups in total. The maximum atomic E-state index is 5.88. The van der Waals surface area contributed by atoms with Gasteiger partial charge in [-0.15, -0.1) is 0 Å². The van der Waals surface area contributed by atoms with E-state index in [0.29, 0.717) is 6.42 Å².